The molecule has 0 radical (unpaired) electrons. The summed E-state index contributed by atoms with van der Waals surface area (Å²) in [4.78, 5) is 0.186. The average Bonchev–Trinajstić information content (AvgIpc) is 2.72. The number of hydrogen-bond acceptors (Lipinski definition) is 3. The van der Waals surface area contributed by atoms with E-state index in [0.29, 0.717) is 6.42 Å². The minimum Gasteiger partial charge on any atom is -0.375 e. The number of nitrogens with one attached hydrogen (secondary N) is 1. The number of aliphatic hydroxyl groups is 1. The quantitative estimate of drug-likeness (QED) is 0.776. The summed E-state index contributed by atoms with van der Waals surface area (Å²) in [5.74, 6) is -0.0206. The Morgan fingerprint density at radius 3 is 2.31 bits per heavy atom. The molecule has 1 aliphatic carbocycles. The Balaban J connectivity index is 2.23. The highest BCUT2D eigenvalue weighted by Crippen LogP contribution is 2.41. The second-order valence-electron chi connectivity index (χ2n) is 4.45. The smallest absolute Gasteiger partial charge is 0.242 e. The summed E-state index contributed by atoms with van der Waals surface area (Å²) in [7, 11) is -3.61. The second kappa shape index (κ2) is 3.55. The fraction of sp³-hybridized carbons (Fsp3) is 0.455. The molecule has 0 amide bonds. The van der Waals surface area contributed by atoms with Crippen LogP contribution in [0, 0.1) is 12.8 Å². The number of sulfonamides is 1. The van der Waals surface area contributed by atoms with E-state index in [4.69, 9.17) is 0 Å². The van der Waals surface area contributed by atoms with Gasteiger partial charge in [0.05, 0.1) is 4.90 Å². The summed E-state index contributed by atoms with van der Waals surface area (Å²) in [6.07, 6.45) is 0.470. The van der Waals surface area contributed by atoms with Crippen LogP contribution in [0.3, 0.4) is 0 Å². The van der Waals surface area contributed by atoms with E-state index in [-0.39, 0.29) is 10.8 Å². The van der Waals surface area contributed by atoms with Crippen molar-refractivity contribution in [2.75, 3.05) is 0 Å². The van der Waals surface area contributed by atoms with Gasteiger partial charge in [-0.1, -0.05) is 24.6 Å². The lowest BCUT2D eigenvalue weighted by molar-refractivity contribution is 0.123. The monoisotopic (exact) mass is 241 g/mol. The molecule has 0 bridgehead atoms. The van der Waals surface area contributed by atoms with Crippen LogP contribution in [0.4, 0.5) is 0 Å². The van der Waals surface area contributed by atoms with Crippen molar-refractivity contribution in [2.24, 2.45) is 5.92 Å². The van der Waals surface area contributed by atoms with Gasteiger partial charge in [-0.3, -0.25) is 0 Å². The summed E-state index contributed by atoms with van der Waals surface area (Å²) < 4.78 is 26.1. The Labute approximate surface area is 95.4 Å². The van der Waals surface area contributed by atoms with E-state index < -0.39 is 15.7 Å². The van der Waals surface area contributed by atoms with E-state index in [1.165, 1.54) is 12.1 Å². The van der Waals surface area contributed by atoms with Crippen LogP contribution in [0.2, 0.25) is 0 Å². The number of rotatable bonds is 3. The predicted molar refractivity (Wildman–Crippen MR) is 60.2 cm³/mol. The molecule has 2 atom stereocenters. The maximum Gasteiger partial charge on any atom is 0.242 e. The van der Waals surface area contributed by atoms with E-state index in [2.05, 4.69) is 4.72 Å². The minimum atomic E-state index is -3.61. The molecule has 2 rings (SSSR count). The summed E-state index contributed by atoms with van der Waals surface area (Å²) >= 11 is 0. The number of benzene rings is 1. The molecule has 0 aliphatic heterocycles. The zero-order chi connectivity index (χ0) is 12.0. The molecule has 0 aromatic heterocycles. The maximum atomic E-state index is 11.9. The van der Waals surface area contributed by atoms with Crippen molar-refractivity contribution in [3.8, 4) is 0 Å². The molecule has 0 saturated heterocycles. The lowest BCUT2D eigenvalue weighted by atomic mass is 10.2. The molecule has 0 heterocycles. The van der Waals surface area contributed by atoms with Crippen LogP contribution < -0.4 is 4.72 Å². The average molecular weight is 241 g/mol. The zero-order valence-corrected chi connectivity index (χ0v) is 10.1. The summed E-state index contributed by atoms with van der Waals surface area (Å²) in [6.45, 7) is 3.69. The molecule has 0 unspecified atom stereocenters. The van der Waals surface area contributed by atoms with Gasteiger partial charge in [-0.05, 0) is 25.5 Å². The standard InChI is InChI=1S/C11H15NO3S/c1-8-3-5-10(6-4-8)16(14,15)12-11(13)7-9(11)2/h3-6,9,12-13H,7H2,1-2H3/t9-,11-/m0/s1. The first-order chi connectivity index (χ1) is 7.33. The molecule has 0 spiro atoms. The molecule has 1 aliphatic rings. The summed E-state index contributed by atoms with van der Waals surface area (Å²) in [5, 5.41) is 9.76. The Morgan fingerprint density at radius 2 is 1.88 bits per heavy atom. The van der Waals surface area contributed by atoms with Gasteiger partial charge in [0, 0.05) is 5.92 Å². The van der Waals surface area contributed by atoms with Gasteiger partial charge in [-0.2, -0.15) is 4.72 Å². The Kier molecular flexibility index (Phi) is 2.57. The summed E-state index contributed by atoms with van der Waals surface area (Å²) in [6, 6.07) is 6.53. The molecule has 16 heavy (non-hydrogen) atoms. The minimum absolute atomic E-state index is 0.0206. The lowest BCUT2D eigenvalue weighted by Gasteiger charge is -2.12. The molecule has 2 N–H and O–H groups in total. The van der Waals surface area contributed by atoms with E-state index >= 15 is 0 Å². The van der Waals surface area contributed by atoms with Crippen LogP contribution in [-0.4, -0.2) is 19.2 Å². The normalized spacial score (nSPS) is 29.1. The molecule has 5 heteroatoms. The van der Waals surface area contributed by atoms with Crippen LogP contribution in [0.5, 0.6) is 0 Å². The predicted octanol–water partition coefficient (Wildman–Crippen LogP) is 1.00. The van der Waals surface area contributed by atoms with E-state index in [0.717, 1.165) is 5.56 Å². The van der Waals surface area contributed by atoms with Gasteiger partial charge in [-0.25, -0.2) is 8.42 Å². The van der Waals surface area contributed by atoms with E-state index in [1.807, 2.05) is 6.92 Å². The first-order valence-corrected chi connectivity index (χ1v) is 6.65. The van der Waals surface area contributed by atoms with Crippen LogP contribution >= 0.6 is 0 Å². The van der Waals surface area contributed by atoms with Crippen molar-refractivity contribution in [3.63, 3.8) is 0 Å². The van der Waals surface area contributed by atoms with Crippen LogP contribution in [-0.2, 0) is 10.0 Å². The highest BCUT2D eigenvalue weighted by Gasteiger charge is 2.52. The summed E-state index contributed by atoms with van der Waals surface area (Å²) in [5.41, 5.74) is -0.249. The largest absolute Gasteiger partial charge is 0.375 e. The van der Waals surface area contributed by atoms with Gasteiger partial charge >= 0.3 is 0 Å². The highest BCUT2D eigenvalue weighted by atomic mass is 32.2. The molecule has 1 saturated carbocycles. The first kappa shape index (κ1) is 11.6. The van der Waals surface area contributed by atoms with Crippen LogP contribution in [0.15, 0.2) is 29.2 Å². The number of hydrogen-bond donors (Lipinski definition) is 2. The van der Waals surface area contributed by atoms with Gasteiger partial charge in [0.25, 0.3) is 0 Å². The van der Waals surface area contributed by atoms with Gasteiger partial charge in [-0.15, -0.1) is 0 Å². The molecule has 88 valence electrons. The Hall–Kier alpha value is -0.910. The molecular weight excluding hydrogens is 226 g/mol. The zero-order valence-electron chi connectivity index (χ0n) is 9.27. The third-order valence-electron chi connectivity index (χ3n) is 2.91. The van der Waals surface area contributed by atoms with Crippen molar-refractivity contribution in [3.05, 3.63) is 29.8 Å². The fourth-order valence-corrected chi connectivity index (χ4v) is 2.92. The van der Waals surface area contributed by atoms with Crippen molar-refractivity contribution < 1.29 is 13.5 Å². The highest BCUT2D eigenvalue weighted by molar-refractivity contribution is 7.89. The molecule has 1 aromatic carbocycles. The topological polar surface area (TPSA) is 66.4 Å². The van der Waals surface area contributed by atoms with Gasteiger partial charge in [0.2, 0.25) is 10.0 Å². The fourth-order valence-electron chi connectivity index (χ4n) is 1.56. The van der Waals surface area contributed by atoms with Crippen LogP contribution in [0.1, 0.15) is 18.9 Å². The first-order valence-electron chi connectivity index (χ1n) is 5.16. The molecule has 4 nitrogen and oxygen atoms in total. The van der Waals surface area contributed by atoms with Crippen molar-refractivity contribution in [1.29, 1.82) is 0 Å². The molecule has 1 fully saturated rings. The third kappa shape index (κ3) is 2.11. The van der Waals surface area contributed by atoms with Crippen molar-refractivity contribution >= 4 is 10.0 Å². The molecular formula is C11H15NO3S. The van der Waals surface area contributed by atoms with Gasteiger partial charge < -0.3 is 5.11 Å². The third-order valence-corrected chi connectivity index (χ3v) is 4.43. The lowest BCUT2D eigenvalue weighted by Crippen LogP contribution is -2.37. The SMILES string of the molecule is Cc1ccc(S(=O)(=O)N[C@]2(O)C[C@@H]2C)cc1. The number of aryl methyl sites for hydroxylation is 1. The maximum absolute atomic E-state index is 11.9. The van der Waals surface area contributed by atoms with Crippen molar-refractivity contribution in [2.45, 2.75) is 30.9 Å². The Morgan fingerprint density at radius 1 is 1.38 bits per heavy atom. The second-order valence-corrected chi connectivity index (χ2v) is 6.13. The van der Waals surface area contributed by atoms with Crippen molar-refractivity contribution in [1.82, 2.24) is 4.72 Å². The van der Waals surface area contributed by atoms with Crippen LogP contribution in [0.25, 0.3) is 0 Å². The van der Waals surface area contributed by atoms with E-state index in [1.54, 1.807) is 19.1 Å². The van der Waals surface area contributed by atoms with Gasteiger partial charge in [0.1, 0.15) is 5.72 Å². The Bertz CT molecular complexity index is 494. The van der Waals surface area contributed by atoms with Gasteiger partial charge in [0.15, 0.2) is 0 Å². The molecule has 1 aromatic rings. The van der Waals surface area contributed by atoms with E-state index in [9.17, 15) is 13.5 Å².